The number of hydrogen-bond donors (Lipinski definition) is 1. The van der Waals surface area contributed by atoms with Crippen molar-refractivity contribution in [1.82, 2.24) is 0 Å². The zero-order valence-corrected chi connectivity index (χ0v) is 15.3. The van der Waals surface area contributed by atoms with Crippen molar-refractivity contribution >= 4 is 17.4 Å². The molecule has 0 aliphatic carbocycles. The minimum Gasteiger partial charge on any atom is -0.461 e. The van der Waals surface area contributed by atoms with Gasteiger partial charge in [-0.1, -0.05) is 41.6 Å². The Morgan fingerprint density at radius 1 is 1.14 bits per heavy atom. The number of benzene rings is 2. The highest BCUT2D eigenvalue weighted by atomic mass is 19.4. The fourth-order valence-corrected chi connectivity index (χ4v) is 2.38. The minimum absolute atomic E-state index is 0.0613. The van der Waals surface area contributed by atoms with Crippen LogP contribution >= 0.6 is 0 Å². The van der Waals surface area contributed by atoms with Gasteiger partial charge in [-0.25, -0.2) is 4.79 Å². The fourth-order valence-electron chi connectivity index (χ4n) is 2.38. The van der Waals surface area contributed by atoms with E-state index in [1.54, 1.807) is 31.2 Å². The van der Waals surface area contributed by atoms with Crippen LogP contribution in [-0.4, -0.2) is 24.0 Å². The third kappa shape index (κ3) is 5.42. The average Bonchev–Trinajstić information content (AvgIpc) is 2.67. The molecule has 28 heavy (non-hydrogen) atoms. The standard InChI is InChI=1S/C20H19F3N2O3/c1-3-27-19(26)18(24)17-10-5-4-7-15(17)12-28-25-13(2)14-8-6-9-16(11-14)20(21,22)23/h4-11,24H,3,12H2,1-2H3. The van der Waals surface area contributed by atoms with Crippen LogP contribution in [0.1, 0.15) is 36.1 Å². The lowest BCUT2D eigenvalue weighted by Crippen LogP contribution is -2.19. The number of rotatable bonds is 7. The number of hydrogen-bond acceptors (Lipinski definition) is 5. The number of nitrogens with zero attached hydrogens (tertiary/aromatic N) is 1. The number of esters is 1. The van der Waals surface area contributed by atoms with Crippen LogP contribution in [0, 0.1) is 5.41 Å². The molecule has 2 aromatic rings. The van der Waals surface area contributed by atoms with Gasteiger partial charge in [0.05, 0.1) is 17.9 Å². The molecule has 0 saturated carbocycles. The highest BCUT2D eigenvalue weighted by molar-refractivity contribution is 6.42. The molecule has 1 N–H and O–H groups in total. The summed E-state index contributed by atoms with van der Waals surface area (Å²) in [5.41, 5.74) is 0.341. The molecule has 0 unspecified atom stereocenters. The van der Waals surface area contributed by atoms with Crippen molar-refractivity contribution in [1.29, 1.82) is 5.41 Å². The third-order valence-electron chi connectivity index (χ3n) is 3.80. The summed E-state index contributed by atoms with van der Waals surface area (Å²) in [6.45, 7) is 3.27. The summed E-state index contributed by atoms with van der Waals surface area (Å²) in [6, 6.07) is 11.4. The summed E-state index contributed by atoms with van der Waals surface area (Å²) >= 11 is 0. The van der Waals surface area contributed by atoms with Gasteiger partial charge < -0.3 is 9.57 Å². The van der Waals surface area contributed by atoms with Crippen LogP contribution in [0.2, 0.25) is 0 Å². The molecular weight excluding hydrogens is 373 g/mol. The molecule has 2 aromatic carbocycles. The average molecular weight is 392 g/mol. The second-order valence-electron chi connectivity index (χ2n) is 5.78. The Kier molecular flexibility index (Phi) is 6.92. The summed E-state index contributed by atoms with van der Waals surface area (Å²) in [6.07, 6.45) is -4.44. The van der Waals surface area contributed by atoms with Crippen molar-refractivity contribution in [2.75, 3.05) is 6.61 Å². The van der Waals surface area contributed by atoms with E-state index < -0.39 is 17.7 Å². The smallest absolute Gasteiger partial charge is 0.416 e. The van der Waals surface area contributed by atoms with Gasteiger partial charge in [0.1, 0.15) is 12.3 Å². The number of ether oxygens (including phenoxy) is 1. The maximum Gasteiger partial charge on any atom is 0.416 e. The van der Waals surface area contributed by atoms with Gasteiger partial charge in [0, 0.05) is 11.1 Å². The van der Waals surface area contributed by atoms with Crippen molar-refractivity contribution in [3.63, 3.8) is 0 Å². The molecule has 0 bridgehead atoms. The predicted molar refractivity (Wildman–Crippen MR) is 98.3 cm³/mol. The molecule has 0 aliphatic heterocycles. The summed E-state index contributed by atoms with van der Waals surface area (Å²) in [5, 5.41) is 11.8. The lowest BCUT2D eigenvalue weighted by molar-refractivity contribution is -0.137. The molecule has 5 nitrogen and oxygen atoms in total. The van der Waals surface area contributed by atoms with E-state index >= 15 is 0 Å². The molecule has 0 saturated heterocycles. The minimum atomic E-state index is -4.44. The number of alkyl halides is 3. The first-order chi connectivity index (χ1) is 13.2. The van der Waals surface area contributed by atoms with Gasteiger partial charge in [-0.2, -0.15) is 13.2 Å². The van der Waals surface area contributed by atoms with Gasteiger partial charge in [-0.15, -0.1) is 0 Å². The highest BCUT2D eigenvalue weighted by Crippen LogP contribution is 2.29. The largest absolute Gasteiger partial charge is 0.461 e. The lowest BCUT2D eigenvalue weighted by Gasteiger charge is -2.10. The molecule has 2 rings (SSSR count). The Labute approximate surface area is 160 Å². The second kappa shape index (κ2) is 9.16. The van der Waals surface area contributed by atoms with E-state index in [0.29, 0.717) is 11.1 Å². The van der Waals surface area contributed by atoms with Crippen molar-refractivity contribution < 1.29 is 27.5 Å². The van der Waals surface area contributed by atoms with Crippen molar-refractivity contribution in [2.24, 2.45) is 5.16 Å². The maximum atomic E-state index is 12.8. The molecule has 0 fully saturated rings. The first-order valence-electron chi connectivity index (χ1n) is 8.42. The molecule has 0 heterocycles. The highest BCUT2D eigenvalue weighted by Gasteiger charge is 2.30. The van der Waals surface area contributed by atoms with Crippen LogP contribution in [0.25, 0.3) is 0 Å². The van der Waals surface area contributed by atoms with Gasteiger partial charge in [0.25, 0.3) is 0 Å². The number of halogens is 3. The van der Waals surface area contributed by atoms with Gasteiger partial charge in [-0.05, 0) is 31.5 Å². The van der Waals surface area contributed by atoms with E-state index in [1.165, 1.54) is 19.1 Å². The number of nitrogens with one attached hydrogen (secondary N) is 1. The maximum absolute atomic E-state index is 12.8. The first kappa shape index (κ1) is 21.1. The Morgan fingerprint density at radius 3 is 2.54 bits per heavy atom. The molecule has 0 amide bonds. The predicted octanol–water partition coefficient (Wildman–Crippen LogP) is 4.58. The van der Waals surface area contributed by atoms with Gasteiger partial charge in [0.2, 0.25) is 0 Å². The van der Waals surface area contributed by atoms with E-state index in [9.17, 15) is 18.0 Å². The Hall–Kier alpha value is -3.16. The summed E-state index contributed by atoms with van der Waals surface area (Å²) in [4.78, 5) is 17.0. The molecular formula is C20H19F3N2O3. The van der Waals surface area contributed by atoms with Gasteiger partial charge in [-0.3, -0.25) is 5.41 Å². The molecule has 0 aliphatic rings. The Morgan fingerprint density at radius 2 is 1.86 bits per heavy atom. The van der Waals surface area contributed by atoms with Crippen molar-refractivity contribution in [3.05, 3.63) is 70.8 Å². The normalized spacial score (nSPS) is 11.8. The zero-order chi connectivity index (χ0) is 20.7. The molecule has 0 spiro atoms. The van der Waals surface area contributed by atoms with E-state index in [0.717, 1.165) is 12.1 Å². The molecule has 8 heteroatoms. The van der Waals surface area contributed by atoms with Gasteiger partial charge in [0.15, 0.2) is 0 Å². The first-order valence-corrected chi connectivity index (χ1v) is 8.42. The van der Waals surface area contributed by atoms with Crippen LogP contribution in [0.3, 0.4) is 0 Å². The topological polar surface area (TPSA) is 71.7 Å². The summed E-state index contributed by atoms with van der Waals surface area (Å²) in [7, 11) is 0. The Balaban J connectivity index is 2.13. The molecule has 0 radical (unpaired) electrons. The van der Waals surface area contributed by atoms with Crippen LogP contribution < -0.4 is 0 Å². The van der Waals surface area contributed by atoms with E-state index in [4.69, 9.17) is 15.0 Å². The van der Waals surface area contributed by atoms with E-state index in [-0.39, 0.29) is 30.2 Å². The third-order valence-corrected chi connectivity index (χ3v) is 3.80. The number of carbonyl (C=O) groups is 1. The van der Waals surface area contributed by atoms with Crippen LogP contribution in [0.5, 0.6) is 0 Å². The molecule has 0 atom stereocenters. The monoisotopic (exact) mass is 392 g/mol. The van der Waals surface area contributed by atoms with Crippen LogP contribution in [0.15, 0.2) is 53.7 Å². The van der Waals surface area contributed by atoms with Crippen molar-refractivity contribution in [3.8, 4) is 0 Å². The molecule has 0 aromatic heterocycles. The number of oxime groups is 1. The van der Waals surface area contributed by atoms with E-state index in [1.807, 2.05) is 0 Å². The fraction of sp³-hybridized carbons (Fsp3) is 0.250. The quantitative estimate of drug-likeness (QED) is 0.426. The Bertz CT molecular complexity index is 892. The van der Waals surface area contributed by atoms with Crippen LogP contribution in [-0.2, 0) is 27.2 Å². The molecule has 148 valence electrons. The van der Waals surface area contributed by atoms with Crippen molar-refractivity contribution in [2.45, 2.75) is 26.6 Å². The number of carbonyl (C=O) groups excluding carboxylic acids is 1. The zero-order valence-electron chi connectivity index (χ0n) is 15.3. The second-order valence-corrected chi connectivity index (χ2v) is 5.78. The lowest BCUT2D eigenvalue weighted by atomic mass is 10.0. The van der Waals surface area contributed by atoms with Crippen LogP contribution in [0.4, 0.5) is 13.2 Å². The summed E-state index contributed by atoms with van der Waals surface area (Å²) in [5.74, 6) is -0.751. The SMILES string of the molecule is CCOC(=O)C(=N)c1ccccc1CON=C(C)c1cccc(C(F)(F)F)c1. The van der Waals surface area contributed by atoms with E-state index in [2.05, 4.69) is 5.16 Å². The summed E-state index contributed by atoms with van der Waals surface area (Å²) < 4.78 is 43.3. The van der Waals surface area contributed by atoms with Gasteiger partial charge >= 0.3 is 12.1 Å².